The van der Waals surface area contributed by atoms with Crippen molar-refractivity contribution in [3.05, 3.63) is 65.5 Å². The van der Waals surface area contributed by atoms with Crippen LogP contribution in [0.3, 0.4) is 0 Å². The van der Waals surface area contributed by atoms with Crippen molar-refractivity contribution < 1.29 is 9.50 Å². The van der Waals surface area contributed by atoms with E-state index in [0.717, 1.165) is 24.1 Å². The van der Waals surface area contributed by atoms with Gasteiger partial charge in [0, 0.05) is 18.5 Å². The lowest BCUT2D eigenvalue weighted by atomic mass is 9.91. The lowest BCUT2D eigenvalue weighted by Crippen LogP contribution is -2.29. The Labute approximate surface area is 125 Å². The summed E-state index contributed by atoms with van der Waals surface area (Å²) in [5.74, 6) is 0.266. The molecule has 0 aromatic heterocycles. The summed E-state index contributed by atoms with van der Waals surface area (Å²) < 4.78 is 13.5. The van der Waals surface area contributed by atoms with Gasteiger partial charge in [-0.2, -0.15) is 0 Å². The Balaban J connectivity index is 2.17. The van der Waals surface area contributed by atoms with Crippen LogP contribution in [0.1, 0.15) is 30.9 Å². The molecule has 3 heteroatoms. The molecule has 0 heterocycles. The van der Waals surface area contributed by atoms with Gasteiger partial charge in [0.15, 0.2) is 0 Å². The summed E-state index contributed by atoms with van der Waals surface area (Å²) in [6, 6.07) is 14.4. The van der Waals surface area contributed by atoms with Crippen LogP contribution in [0.2, 0.25) is 0 Å². The molecule has 0 saturated heterocycles. The largest absolute Gasteiger partial charge is 0.508 e. The zero-order chi connectivity index (χ0) is 15.2. The van der Waals surface area contributed by atoms with E-state index in [1.165, 1.54) is 6.07 Å². The van der Waals surface area contributed by atoms with Crippen LogP contribution >= 0.6 is 0 Å². The van der Waals surface area contributed by atoms with Gasteiger partial charge < -0.3 is 10.4 Å². The predicted octanol–water partition coefficient (Wildman–Crippen LogP) is 3.86. The highest BCUT2D eigenvalue weighted by molar-refractivity contribution is 5.29. The van der Waals surface area contributed by atoms with Crippen LogP contribution in [0.15, 0.2) is 48.5 Å². The topological polar surface area (TPSA) is 32.3 Å². The summed E-state index contributed by atoms with van der Waals surface area (Å²) in [4.78, 5) is 0. The molecule has 0 bridgehead atoms. The third-order valence-electron chi connectivity index (χ3n) is 3.51. The van der Waals surface area contributed by atoms with Crippen molar-refractivity contribution in [1.82, 2.24) is 5.32 Å². The Morgan fingerprint density at radius 3 is 2.43 bits per heavy atom. The number of nitrogens with one attached hydrogen (secondary N) is 1. The maximum Gasteiger partial charge on any atom is 0.123 e. The van der Waals surface area contributed by atoms with Gasteiger partial charge in [-0.1, -0.05) is 38.1 Å². The third-order valence-corrected chi connectivity index (χ3v) is 3.51. The molecule has 2 N–H and O–H groups in total. The summed E-state index contributed by atoms with van der Waals surface area (Å²) >= 11 is 0. The van der Waals surface area contributed by atoms with Crippen molar-refractivity contribution >= 4 is 0 Å². The maximum absolute atomic E-state index is 13.5. The summed E-state index contributed by atoms with van der Waals surface area (Å²) in [7, 11) is 0. The van der Waals surface area contributed by atoms with Gasteiger partial charge in [-0.25, -0.2) is 4.39 Å². The molecule has 112 valence electrons. The second kappa shape index (κ2) is 7.23. The highest BCUT2D eigenvalue weighted by atomic mass is 19.1. The molecule has 1 atom stereocenters. The Hall–Kier alpha value is -1.87. The second-order valence-electron chi connectivity index (χ2n) is 5.69. The van der Waals surface area contributed by atoms with E-state index in [-0.39, 0.29) is 17.5 Å². The molecule has 0 spiro atoms. The van der Waals surface area contributed by atoms with Crippen LogP contribution in [0.4, 0.5) is 4.39 Å². The Morgan fingerprint density at radius 1 is 1.10 bits per heavy atom. The zero-order valence-electron chi connectivity index (χ0n) is 12.5. The SMILES string of the molecule is CC(C)NCC(Cc1ccc(O)cc1)c1cccc(F)c1. The van der Waals surface area contributed by atoms with Gasteiger partial charge in [0.05, 0.1) is 0 Å². The van der Waals surface area contributed by atoms with E-state index < -0.39 is 0 Å². The van der Waals surface area contributed by atoms with E-state index in [0.29, 0.717) is 6.04 Å². The molecule has 2 aromatic carbocycles. The number of halogens is 1. The monoisotopic (exact) mass is 287 g/mol. The molecule has 0 amide bonds. The molecular formula is C18H22FNO. The molecule has 0 aliphatic carbocycles. The van der Waals surface area contributed by atoms with Gasteiger partial charge in [0.25, 0.3) is 0 Å². The number of phenols is 1. The first-order valence-electron chi connectivity index (χ1n) is 7.31. The molecule has 0 fully saturated rings. The smallest absolute Gasteiger partial charge is 0.123 e. The lowest BCUT2D eigenvalue weighted by Gasteiger charge is -2.20. The lowest BCUT2D eigenvalue weighted by molar-refractivity contribution is 0.474. The number of hydrogen-bond donors (Lipinski definition) is 2. The fourth-order valence-corrected chi connectivity index (χ4v) is 2.36. The first-order chi connectivity index (χ1) is 10.0. The van der Waals surface area contributed by atoms with Crippen molar-refractivity contribution in [2.75, 3.05) is 6.54 Å². The van der Waals surface area contributed by atoms with E-state index in [1.54, 1.807) is 24.3 Å². The number of hydrogen-bond acceptors (Lipinski definition) is 2. The molecule has 21 heavy (non-hydrogen) atoms. The Kier molecular flexibility index (Phi) is 5.34. The van der Waals surface area contributed by atoms with Gasteiger partial charge in [-0.3, -0.25) is 0 Å². The number of phenolic OH excluding ortho intramolecular Hbond substituents is 1. The van der Waals surface area contributed by atoms with Gasteiger partial charge >= 0.3 is 0 Å². The number of aromatic hydroxyl groups is 1. The van der Waals surface area contributed by atoms with Crippen LogP contribution in [0.5, 0.6) is 5.75 Å². The van der Waals surface area contributed by atoms with E-state index in [1.807, 2.05) is 18.2 Å². The van der Waals surface area contributed by atoms with E-state index >= 15 is 0 Å². The first-order valence-corrected chi connectivity index (χ1v) is 7.31. The van der Waals surface area contributed by atoms with E-state index in [4.69, 9.17) is 0 Å². The standard InChI is InChI=1S/C18H22FNO/c1-13(2)20-12-16(15-4-3-5-17(19)11-15)10-14-6-8-18(21)9-7-14/h3-9,11,13,16,20-21H,10,12H2,1-2H3. The van der Waals surface area contributed by atoms with Crippen LogP contribution in [-0.4, -0.2) is 17.7 Å². The fraction of sp³-hybridized carbons (Fsp3) is 0.333. The summed E-state index contributed by atoms with van der Waals surface area (Å²) in [5.41, 5.74) is 2.13. The minimum absolute atomic E-state index is 0.201. The zero-order valence-corrected chi connectivity index (χ0v) is 12.5. The molecule has 0 aliphatic rings. The van der Waals surface area contributed by atoms with Crippen molar-refractivity contribution in [2.24, 2.45) is 0 Å². The normalized spacial score (nSPS) is 12.6. The molecule has 0 saturated carbocycles. The quantitative estimate of drug-likeness (QED) is 0.845. The second-order valence-corrected chi connectivity index (χ2v) is 5.69. The van der Waals surface area contributed by atoms with Gasteiger partial charge in [0.2, 0.25) is 0 Å². The van der Waals surface area contributed by atoms with Crippen LogP contribution in [0, 0.1) is 5.82 Å². The average Bonchev–Trinajstić information content (AvgIpc) is 2.45. The van der Waals surface area contributed by atoms with E-state index in [2.05, 4.69) is 19.2 Å². The van der Waals surface area contributed by atoms with Crippen molar-refractivity contribution in [1.29, 1.82) is 0 Å². The van der Waals surface area contributed by atoms with Crippen molar-refractivity contribution in [3.8, 4) is 5.75 Å². The van der Waals surface area contributed by atoms with Crippen molar-refractivity contribution in [3.63, 3.8) is 0 Å². The first kappa shape index (κ1) is 15.5. The molecule has 2 nitrogen and oxygen atoms in total. The minimum atomic E-state index is -0.201. The highest BCUT2D eigenvalue weighted by Gasteiger charge is 2.13. The van der Waals surface area contributed by atoms with Gasteiger partial charge in [-0.05, 0) is 41.8 Å². The average molecular weight is 287 g/mol. The van der Waals surface area contributed by atoms with Crippen molar-refractivity contribution in [2.45, 2.75) is 32.2 Å². The van der Waals surface area contributed by atoms with Crippen LogP contribution in [-0.2, 0) is 6.42 Å². The van der Waals surface area contributed by atoms with E-state index in [9.17, 15) is 9.50 Å². The van der Waals surface area contributed by atoms with Gasteiger partial charge in [0.1, 0.15) is 11.6 Å². The minimum Gasteiger partial charge on any atom is -0.508 e. The molecule has 0 radical (unpaired) electrons. The maximum atomic E-state index is 13.5. The fourth-order valence-electron chi connectivity index (χ4n) is 2.36. The molecule has 1 unspecified atom stereocenters. The predicted molar refractivity (Wildman–Crippen MR) is 84.1 cm³/mol. The summed E-state index contributed by atoms with van der Waals surface area (Å²) in [5, 5.41) is 12.8. The summed E-state index contributed by atoms with van der Waals surface area (Å²) in [6.07, 6.45) is 0.809. The highest BCUT2D eigenvalue weighted by Crippen LogP contribution is 2.22. The van der Waals surface area contributed by atoms with Crippen LogP contribution in [0.25, 0.3) is 0 Å². The molecule has 2 rings (SSSR count). The third kappa shape index (κ3) is 4.87. The Bertz CT molecular complexity index is 566. The Morgan fingerprint density at radius 2 is 1.81 bits per heavy atom. The number of rotatable bonds is 6. The summed E-state index contributed by atoms with van der Waals surface area (Å²) in [6.45, 7) is 4.99. The molecule has 2 aromatic rings. The molecule has 0 aliphatic heterocycles. The molecular weight excluding hydrogens is 265 g/mol. The van der Waals surface area contributed by atoms with Gasteiger partial charge in [-0.15, -0.1) is 0 Å². The number of benzene rings is 2. The van der Waals surface area contributed by atoms with Crippen LogP contribution < -0.4 is 5.32 Å².